The minimum Gasteiger partial charge on any atom is -0.497 e. The van der Waals surface area contributed by atoms with Crippen molar-refractivity contribution in [2.24, 2.45) is 0 Å². The first-order chi connectivity index (χ1) is 15.5. The first kappa shape index (κ1) is 21.9. The Kier molecular flexibility index (Phi) is 6.43. The number of carbonyl (C=O) groups excluding carboxylic acids is 3. The van der Waals surface area contributed by atoms with Gasteiger partial charge >= 0.3 is 6.03 Å². The highest BCUT2D eigenvalue weighted by Gasteiger charge is 2.46. The molecule has 0 unspecified atom stereocenters. The maximum absolute atomic E-state index is 13.3. The van der Waals surface area contributed by atoms with Crippen LogP contribution in [0.15, 0.2) is 66.0 Å². The summed E-state index contributed by atoms with van der Waals surface area (Å²) in [7, 11) is 1.54. The van der Waals surface area contributed by atoms with Crippen molar-refractivity contribution in [3.63, 3.8) is 0 Å². The molecule has 2 heterocycles. The Bertz CT molecular complexity index is 1120. The standard InChI is InChI=1S/C23H20ClN3O4S/c1-31-18-10-8-17(9-11-18)27-22(29)20(26(23(27)30)14-19-3-2-12-32-19)13-21(28)25-16-6-4-15(24)5-7-16/h2-12,20H,13-14H2,1H3,(H,25,28)/t20-/m1/s1. The zero-order valence-corrected chi connectivity index (χ0v) is 18.7. The highest BCUT2D eigenvalue weighted by molar-refractivity contribution is 7.09. The van der Waals surface area contributed by atoms with Crippen molar-refractivity contribution in [1.29, 1.82) is 0 Å². The van der Waals surface area contributed by atoms with E-state index < -0.39 is 18.0 Å². The van der Waals surface area contributed by atoms with Crippen molar-refractivity contribution in [2.75, 3.05) is 17.3 Å². The van der Waals surface area contributed by atoms with E-state index >= 15 is 0 Å². The first-order valence-corrected chi connectivity index (χ1v) is 11.1. The average Bonchev–Trinajstić information content (AvgIpc) is 3.38. The molecular formula is C23H20ClN3O4S. The maximum atomic E-state index is 13.3. The van der Waals surface area contributed by atoms with E-state index in [4.69, 9.17) is 16.3 Å². The molecule has 1 fully saturated rings. The summed E-state index contributed by atoms with van der Waals surface area (Å²) >= 11 is 7.37. The number of urea groups is 1. The highest BCUT2D eigenvalue weighted by atomic mass is 35.5. The zero-order chi connectivity index (χ0) is 22.7. The third-order valence-corrected chi connectivity index (χ3v) is 6.18. The molecule has 32 heavy (non-hydrogen) atoms. The van der Waals surface area contributed by atoms with Crippen LogP contribution in [0.1, 0.15) is 11.3 Å². The summed E-state index contributed by atoms with van der Waals surface area (Å²) in [5.74, 6) is -0.198. The number of nitrogens with one attached hydrogen (secondary N) is 1. The van der Waals surface area contributed by atoms with Gasteiger partial charge in [-0.3, -0.25) is 9.59 Å². The molecule has 4 amide bonds. The van der Waals surface area contributed by atoms with Gasteiger partial charge in [0.05, 0.1) is 25.8 Å². The number of anilines is 2. The fraction of sp³-hybridized carbons (Fsp3) is 0.174. The van der Waals surface area contributed by atoms with Gasteiger partial charge in [-0.15, -0.1) is 11.3 Å². The van der Waals surface area contributed by atoms with Gasteiger partial charge in [0, 0.05) is 15.6 Å². The van der Waals surface area contributed by atoms with Gasteiger partial charge in [0.1, 0.15) is 11.8 Å². The number of imide groups is 1. The lowest BCUT2D eigenvalue weighted by atomic mass is 10.1. The summed E-state index contributed by atoms with van der Waals surface area (Å²) in [5, 5.41) is 5.22. The number of hydrogen-bond donors (Lipinski definition) is 1. The number of benzene rings is 2. The zero-order valence-electron chi connectivity index (χ0n) is 17.2. The van der Waals surface area contributed by atoms with E-state index in [2.05, 4.69) is 5.32 Å². The summed E-state index contributed by atoms with van der Waals surface area (Å²) in [5.41, 5.74) is 0.991. The van der Waals surface area contributed by atoms with Crippen LogP contribution in [-0.2, 0) is 16.1 Å². The average molecular weight is 470 g/mol. The van der Waals surface area contributed by atoms with E-state index in [9.17, 15) is 14.4 Å². The van der Waals surface area contributed by atoms with Crippen LogP contribution in [-0.4, -0.2) is 35.9 Å². The van der Waals surface area contributed by atoms with Crippen molar-refractivity contribution in [3.8, 4) is 5.75 Å². The van der Waals surface area contributed by atoms with Gasteiger partial charge in [-0.2, -0.15) is 0 Å². The number of carbonyl (C=O) groups is 3. The number of nitrogens with zero attached hydrogens (tertiary/aromatic N) is 2. The lowest BCUT2D eigenvalue weighted by Gasteiger charge is -2.21. The molecule has 9 heteroatoms. The molecule has 2 aromatic carbocycles. The molecule has 1 aliphatic rings. The summed E-state index contributed by atoms with van der Waals surface area (Å²) in [6, 6.07) is 15.7. The number of rotatable bonds is 7. The Hall–Kier alpha value is -3.36. The molecule has 1 saturated heterocycles. The normalized spacial score (nSPS) is 15.9. The van der Waals surface area contributed by atoms with E-state index in [1.807, 2.05) is 17.5 Å². The summed E-state index contributed by atoms with van der Waals surface area (Å²) in [6.07, 6.45) is -0.161. The van der Waals surface area contributed by atoms with Crippen molar-refractivity contribution in [3.05, 3.63) is 75.9 Å². The van der Waals surface area contributed by atoms with Crippen LogP contribution in [0.2, 0.25) is 5.02 Å². The first-order valence-electron chi connectivity index (χ1n) is 9.82. The molecule has 0 saturated carbocycles. The smallest absolute Gasteiger partial charge is 0.332 e. The highest BCUT2D eigenvalue weighted by Crippen LogP contribution is 2.30. The fourth-order valence-corrected chi connectivity index (χ4v) is 4.30. The molecule has 3 aromatic rings. The Balaban J connectivity index is 1.57. The van der Waals surface area contributed by atoms with E-state index in [0.717, 1.165) is 9.78 Å². The molecule has 1 aliphatic heterocycles. The Morgan fingerprint density at radius 1 is 1.09 bits per heavy atom. The lowest BCUT2D eigenvalue weighted by molar-refractivity contribution is -0.124. The van der Waals surface area contributed by atoms with Crippen molar-refractivity contribution in [2.45, 2.75) is 19.0 Å². The quantitative estimate of drug-likeness (QED) is 0.505. The van der Waals surface area contributed by atoms with Gasteiger partial charge in [-0.05, 0) is 60.0 Å². The number of ether oxygens (including phenoxy) is 1. The predicted molar refractivity (Wildman–Crippen MR) is 124 cm³/mol. The third kappa shape index (κ3) is 4.61. The van der Waals surface area contributed by atoms with Crippen LogP contribution in [0.4, 0.5) is 16.2 Å². The second kappa shape index (κ2) is 9.42. The molecule has 1 N–H and O–H groups in total. The molecule has 7 nitrogen and oxygen atoms in total. The molecule has 0 aliphatic carbocycles. The Labute approximate surface area is 194 Å². The van der Waals surface area contributed by atoms with Gasteiger partial charge in [-0.1, -0.05) is 17.7 Å². The van der Waals surface area contributed by atoms with Gasteiger partial charge in [0.15, 0.2) is 0 Å². The van der Waals surface area contributed by atoms with E-state index in [0.29, 0.717) is 22.1 Å². The Morgan fingerprint density at radius 3 is 2.44 bits per heavy atom. The second-order valence-electron chi connectivity index (χ2n) is 7.14. The summed E-state index contributed by atoms with van der Waals surface area (Å²) < 4.78 is 5.16. The Morgan fingerprint density at radius 2 is 1.81 bits per heavy atom. The van der Waals surface area contributed by atoms with Crippen LogP contribution in [0.5, 0.6) is 5.75 Å². The van der Waals surface area contributed by atoms with Gasteiger partial charge in [0.25, 0.3) is 5.91 Å². The molecule has 0 spiro atoms. The van der Waals surface area contributed by atoms with Crippen molar-refractivity contribution < 1.29 is 19.1 Å². The van der Waals surface area contributed by atoms with Gasteiger partial charge in [-0.25, -0.2) is 9.69 Å². The van der Waals surface area contributed by atoms with E-state index in [-0.39, 0.29) is 18.9 Å². The monoisotopic (exact) mass is 469 g/mol. The van der Waals surface area contributed by atoms with E-state index in [1.165, 1.54) is 16.2 Å². The number of hydrogen-bond acceptors (Lipinski definition) is 5. The molecule has 1 aromatic heterocycles. The number of methoxy groups -OCH3 is 1. The van der Waals surface area contributed by atoms with Gasteiger partial charge < -0.3 is 15.0 Å². The minimum atomic E-state index is -0.918. The third-order valence-electron chi connectivity index (χ3n) is 5.06. The van der Waals surface area contributed by atoms with Crippen molar-refractivity contribution in [1.82, 2.24) is 4.90 Å². The fourth-order valence-electron chi connectivity index (χ4n) is 3.47. The summed E-state index contributed by atoms with van der Waals surface area (Å²) in [4.78, 5) is 42.7. The largest absolute Gasteiger partial charge is 0.497 e. The van der Waals surface area contributed by atoms with Crippen LogP contribution in [0, 0.1) is 0 Å². The van der Waals surface area contributed by atoms with Crippen LogP contribution in [0.25, 0.3) is 0 Å². The molecule has 1 atom stereocenters. The molecular weight excluding hydrogens is 450 g/mol. The molecule has 0 radical (unpaired) electrons. The second-order valence-corrected chi connectivity index (χ2v) is 8.61. The van der Waals surface area contributed by atoms with E-state index in [1.54, 1.807) is 55.6 Å². The SMILES string of the molecule is COc1ccc(N2C(=O)[C@@H](CC(=O)Nc3ccc(Cl)cc3)N(Cc3cccs3)C2=O)cc1. The lowest BCUT2D eigenvalue weighted by Crippen LogP contribution is -2.37. The maximum Gasteiger partial charge on any atom is 0.332 e. The van der Waals surface area contributed by atoms with Gasteiger partial charge in [0.2, 0.25) is 5.91 Å². The minimum absolute atomic E-state index is 0.161. The van der Waals surface area contributed by atoms with Crippen LogP contribution in [0.3, 0.4) is 0 Å². The number of amides is 4. The van der Waals surface area contributed by atoms with Crippen LogP contribution >= 0.6 is 22.9 Å². The molecule has 0 bridgehead atoms. The number of thiophene rings is 1. The molecule has 164 valence electrons. The topological polar surface area (TPSA) is 79.0 Å². The van der Waals surface area contributed by atoms with Crippen molar-refractivity contribution >= 4 is 52.2 Å². The summed E-state index contributed by atoms with van der Waals surface area (Å²) in [6.45, 7) is 0.244. The predicted octanol–water partition coefficient (Wildman–Crippen LogP) is 4.78. The van der Waals surface area contributed by atoms with Crippen LogP contribution < -0.4 is 15.0 Å². The molecule has 4 rings (SSSR count). The number of halogens is 1.